The number of halogens is 2. The summed E-state index contributed by atoms with van der Waals surface area (Å²) in [7, 11) is 0. The van der Waals surface area contributed by atoms with E-state index in [0.29, 0.717) is 11.4 Å². The van der Waals surface area contributed by atoms with Crippen molar-refractivity contribution >= 4 is 35.6 Å². The minimum atomic E-state index is 0. The lowest BCUT2D eigenvalue weighted by Crippen LogP contribution is -2.27. The normalized spacial score (nSPS) is 10.2. The van der Waals surface area contributed by atoms with E-state index in [1.807, 2.05) is 19.1 Å². The number of nitrogens with zero attached hydrogens (tertiary/aromatic N) is 1. The van der Waals surface area contributed by atoms with E-state index in [2.05, 4.69) is 24.1 Å². The average Bonchev–Trinajstić information content (AvgIpc) is 2.34. The first-order chi connectivity index (χ1) is 8.56. The number of carbonyl (C=O) groups is 1. The molecule has 5 heteroatoms. The van der Waals surface area contributed by atoms with Crippen LogP contribution in [-0.4, -0.2) is 30.4 Å². The Morgan fingerprint density at radius 2 is 1.95 bits per heavy atom. The molecule has 1 amide bonds. The molecular formula is C14H22Cl2N2O. The van der Waals surface area contributed by atoms with Crippen molar-refractivity contribution in [2.24, 2.45) is 0 Å². The van der Waals surface area contributed by atoms with Crippen LogP contribution in [0.2, 0.25) is 5.02 Å². The van der Waals surface area contributed by atoms with E-state index in [9.17, 15) is 4.79 Å². The Labute approximate surface area is 126 Å². The largest absolute Gasteiger partial charge is 0.326 e. The highest BCUT2D eigenvalue weighted by Crippen LogP contribution is 2.19. The summed E-state index contributed by atoms with van der Waals surface area (Å²) in [5.74, 6) is 0.0484. The van der Waals surface area contributed by atoms with Gasteiger partial charge in [0.2, 0.25) is 5.91 Å². The monoisotopic (exact) mass is 304 g/mol. The van der Waals surface area contributed by atoms with Gasteiger partial charge in [-0.3, -0.25) is 4.79 Å². The summed E-state index contributed by atoms with van der Waals surface area (Å²) in [6, 6.07) is 5.48. The number of benzene rings is 1. The van der Waals surface area contributed by atoms with Gasteiger partial charge in [-0.1, -0.05) is 25.4 Å². The molecule has 0 saturated heterocycles. The van der Waals surface area contributed by atoms with Crippen molar-refractivity contribution in [2.45, 2.75) is 27.2 Å². The minimum absolute atomic E-state index is 0. The molecule has 19 heavy (non-hydrogen) atoms. The Hall–Kier alpha value is -0.770. The quantitative estimate of drug-likeness (QED) is 0.868. The smallest absolute Gasteiger partial charge is 0.225 e. The molecule has 0 unspecified atom stereocenters. The summed E-state index contributed by atoms with van der Waals surface area (Å²) >= 11 is 5.87. The van der Waals surface area contributed by atoms with Crippen LogP contribution in [0, 0.1) is 6.92 Å². The van der Waals surface area contributed by atoms with Gasteiger partial charge in [-0.2, -0.15) is 0 Å². The molecule has 0 spiro atoms. The molecule has 0 fully saturated rings. The lowest BCUT2D eigenvalue weighted by molar-refractivity contribution is -0.116. The van der Waals surface area contributed by atoms with Gasteiger partial charge in [0.05, 0.1) is 0 Å². The van der Waals surface area contributed by atoms with Crippen molar-refractivity contribution in [3.63, 3.8) is 0 Å². The minimum Gasteiger partial charge on any atom is -0.326 e. The molecule has 0 bridgehead atoms. The van der Waals surface area contributed by atoms with Gasteiger partial charge in [-0.25, -0.2) is 0 Å². The van der Waals surface area contributed by atoms with Crippen molar-refractivity contribution in [3.8, 4) is 0 Å². The van der Waals surface area contributed by atoms with Gasteiger partial charge in [-0.15, -0.1) is 12.4 Å². The number of rotatable bonds is 6. The lowest BCUT2D eigenvalue weighted by Gasteiger charge is -2.17. The van der Waals surface area contributed by atoms with Crippen molar-refractivity contribution in [1.29, 1.82) is 0 Å². The molecule has 0 aliphatic rings. The molecule has 0 aliphatic heterocycles. The maximum Gasteiger partial charge on any atom is 0.225 e. The van der Waals surface area contributed by atoms with Gasteiger partial charge in [0.1, 0.15) is 0 Å². The number of carbonyl (C=O) groups excluding carboxylic acids is 1. The fraction of sp³-hybridized carbons (Fsp3) is 0.500. The van der Waals surface area contributed by atoms with Crippen LogP contribution in [0.1, 0.15) is 25.8 Å². The molecule has 108 valence electrons. The number of anilines is 1. The maximum absolute atomic E-state index is 11.8. The first-order valence-electron chi connectivity index (χ1n) is 6.35. The van der Waals surface area contributed by atoms with E-state index >= 15 is 0 Å². The third kappa shape index (κ3) is 6.28. The Kier molecular flexibility index (Phi) is 8.81. The summed E-state index contributed by atoms with van der Waals surface area (Å²) in [4.78, 5) is 14.0. The van der Waals surface area contributed by atoms with E-state index in [-0.39, 0.29) is 18.3 Å². The Balaban J connectivity index is 0.00000324. The highest BCUT2D eigenvalue weighted by atomic mass is 35.5. The van der Waals surface area contributed by atoms with Crippen LogP contribution in [0.15, 0.2) is 18.2 Å². The van der Waals surface area contributed by atoms with E-state index in [1.165, 1.54) is 0 Å². The molecule has 0 radical (unpaired) electrons. The average molecular weight is 305 g/mol. The second-order valence-corrected chi connectivity index (χ2v) is 4.72. The third-order valence-electron chi connectivity index (χ3n) is 3.01. The van der Waals surface area contributed by atoms with Gasteiger partial charge in [0.25, 0.3) is 0 Å². The molecule has 1 aromatic rings. The summed E-state index contributed by atoms with van der Waals surface area (Å²) in [6.45, 7) is 8.89. The molecular weight excluding hydrogens is 283 g/mol. The summed E-state index contributed by atoms with van der Waals surface area (Å²) in [5, 5.41) is 3.61. The molecule has 0 aliphatic carbocycles. The van der Waals surface area contributed by atoms with Crippen molar-refractivity contribution in [3.05, 3.63) is 28.8 Å². The van der Waals surface area contributed by atoms with Gasteiger partial charge in [0, 0.05) is 23.7 Å². The van der Waals surface area contributed by atoms with E-state index in [0.717, 1.165) is 30.9 Å². The fourth-order valence-electron chi connectivity index (χ4n) is 1.78. The Bertz CT molecular complexity index is 406. The van der Waals surface area contributed by atoms with Crippen LogP contribution in [0.3, 0.4) is 0 Å². The lowest BCUT2D eigenvalue weighted by atomic mass is 10.2. The SMILES string of the molecule is CCN(CC)CCC(=O)Nc1ccc(Cl)cc1C.Cl. The van der Waals surface area contributed by atoms with E-state index in [1.54, 1.807) is 6.07 Å². The van der Waals surface area contributed by atoms with Crippen LogP contribution < -0.4 is 5.32 Å². The Morgan fingerprint density at radius 3 is 2.47 bits per heavy atom. The van der Waals surface area contributed by atoms with E-state index < -0.39 is 0 Å². The molecule has 0 saturated carbocycles. The van der Waals surface area contributed by atoms with Crippen LogP contribution >= 0.6 is 24.0 Å². The number of aryl methyl sites for hydroxylation is 1. The number of hydrogen-bond donors (Lipinski definition) is 1. The number of amides is 1. The highest BCUT2D eigenvalue weighted by molar-refractivity contribution is 6.30. The first kappa shape index (κ1) is 18.2. The molecule has 1 rings (SSSR count). The zero-order valence-electron chi connectivity index (χ0n) is 11.7. The fourth-order valence-corrected chi connectivity index (χ4v) is 2.01. The molecule has 1 aromatic carbocycles. The van der Waals surface area contributed by atoms with Crippen molar-refractivity contribution in [2.75, 3.05) is 25.0 Å². The first-order valence-corrected chi connectivity index (χ1v) is 6.73. The summed E-state index contributed by atoms with van der Waals surface area (Å²) in [6.07, 6.45) is 0.518. The van der Waals surface area contributed by atoms with Gasteiger partial charge in [-0.05, 0) is 43.8 Å². The second kappa shape index (κ2) is 9.18. The maximum atomic E-state index is 11.8. The standard InChI is InChI=1S/C14H21ClN2O.ClH/c1-4-17(5-2)9-8-14(18)16-13-7-6-12(15)10-11(13)3;/h6-7,10H,4-5,8-9H2,1-3H3,(H,16,18);1H. The van der Waals surface area contributed by atoms with Crippen molar-refractivity contribution < 1.29 is 4.79 Å². The summed E-state index contributed by atoms with van der Waals surface area (Å²) < 4.78 is 0. The highest BCUT2D eigenvalue weighted by Gasteiger charge is 2.07. The zero-order valence-corrected chi connectivity index (χ0v) is 13.3. The van der Waals surface area contributed by atoms with Gasteiger partial charge >= 0.3 is 0 Å². The molecule has 3 nitrogen and oxygen atoms in total. The van der Waals surface area contributed by atoms with Crippen LogP contribution in [0.5, 0.6) is 0 Å². The molecule has 0 atom stereocenters. The molecule has 0 aromatic heterocycles. The van der Waals surface area contributed by atoms with E-state index in [4.69, 9.17) is 11.6 Å². The molecule has 0 heterocycles. The van der Waals surface area contributed by atoms with Gasteiger partial charge < -0.3 is 10.2 Å². The van der Waals surface area contributed by atoms with Gasteiger partial charge in [0.15, 0.2) is 0 Å². The third-order valence-corrected chi connectivity index (χ3v) is 3.25. The summed E-state index contributed by atoms with van der Waals surface area (Å²) in [5.41, 5.74) is 1.82. The number of hydrogen-bond acceptors (Lipinski definition) is 2. The zero-order chi connectivity index (χ0) is 13.5. The second-order valence-electron chi connectivity index (χ2n) is 4.28. The van der Waals surface area contributed by atoms with Crippen LogP contribution in [-0.2, 0) is 4.79 Å². The predicted molar refractivity (Wildman–Crippen MR) is 84.5 cm³/mol. The predicted octanol–water partition coefficient (Wildman–Crippen LogP) is 3.74. The van der Waals surface area contributed by atoms with Crippen LogP contribution in [0.4, 0.5) is 5.69 Å². The van der Waals surface area contributed by atoms with Crippen LogP contribution in [0.25, 0.3) is 0 Å². The Morgan fingerprint density at radius 1 is 1.32 bits per heavy atom. The topological polar surface area (TPSA) is 32.3 Å². The molecule has 1 N–H and O–H groups in total. The number of nitrogens with one attached hydrogen (secondary N) is 1. The van der Waals surface area contributed by atoms with Crippen molar-refractivity contribution in [1.82, 2.24) is 4.90 Å².